The van der Waals surface area contributed by atoms with Crippen molar-refractivity contribution in [3.63, 3.8) is 0 Å². The minimum Gasteiger partial charge on any atom is -0.340 e. The number of hydrogen-bond donors (Lipinski definition) is 1. The van der Waals surface area contributed by atoms with Crippen LogP contribution in [-0.4, -0.2) is 19.9 Å². The molecule has 0 spiro atoms. The summed E-state index contributed by atoms with van der Waals surface area (Å²) in [7, 11) is 0. The third-order valence-corrected chi connectivity index (χ3v) is 6.33. The lowest BCUT2D eigenvalue weighted by Gasteiger charge is -2.11. The number of anilines is 2. The molecule has 29 heavy (non-hydrogen) atoms. The molecule has 1 aliphatic rings. The summed E-state index contributed by atoms with van der Waals surface area (Å²) in [6.45, 7) is 0. The van der Waals surface area contributed by atoms with Crippen molar-refractivity contribution in [2.45, 2.75) is 18.8 Å². The van der Waals surface area contributed by atoms with E-state index in [2.05, 4.69) is 33.5 Å². The van der Waals surface area contributed by atoms with Crippen LogP contribution in [0.25, 0.3) is 32.4 Å². The van der Waals surface area contributed by atoms with Gasteiger partial charge in [-0.25, -0.2) is 9.97 Å². The van der Waals surface area contributed by atoms with Crippen LogP contribution in [0.15, 0.2) is 67.1 Å². The van der Waals surface area contributed by atoms with Crippen LogP contribution < -0.4 is 5.32 Å². The third-order valence-electron chi connectivity index (χ3n) is 5.15. The molecule has 4 aromatic heterocycles. The highest BCUT2D eigenvalue weighted by atomic mass is 32.1. The summed E-state index contributed by atoms with van der Waals surface area (Å²) in [4.78, 5) is 18.4. The Hall–Kier alpha value is -3.38. The van der Waals surface area contributed by atoms with Gasteiger partial charge < -0.3 is 5.32 Å². The van der Waals surface area contributed by atoms with Crippen LogP contribution in [0, 0.1) is 0 Å². The van der Waals surface area contributed by atoms with E-state index in [1.807, 2.05) is 42.7 Å². The van der Waals surface area contributed by atoms with Crippen LogP contribution in [0.1, 0.15) is 23.8 Å². The number of thiazole rings is 1. The van der Waals surface area contributed by atoms with Gasteiger partial charge in [-0.1, -0.05) is 0 Å². The fourth-order valence-corrected chi connectivity index (χ4v) is 4.67. The van der Waals surface area contributed by atoms with Gasteiger partial charge in [0, 0.05) is 41.1 Å². The molecule has 5 nitrogen and oxygen atoms in total. The quantitative estimate of drug-likeness (QED) is 0.409. The van der Waals surface area contributed by atoms with Crippen molar-refractivity contribution in [1.29, 1.82) is 0 Å². The molecule has 4 heterocycles. The van der Waals surface area contributed by atoms with Crippen LogP contribution >= 0.6 is 11.3 Å². The smallest absolute Gasteiger partial charge is 0.140 e. The molecule has 1 N–H and O–H groups in total. The van der Waals surface area contributed by atoms with Gasteiger partial charge in [0.25, 0.3) is 0 Å². The number of aromatic nitrogens is 4. The maximum Gasteiger partial charge on any atom is 0.140 e. The van der Waals surface area contributed by atoms with Crippen molar-refractivity contribution in [2.75, 3.05) is 5.32 Å². The first-order valence-corrected chi connectivity index (χ1v) is 10.5. The van der Waals surface area contributed by atoms with Gasteiger partial charge in [-0.3, -0.25) is 9.97 Å². The number of pyridine rings is 3. The molecule has 0 amide bonds. The van der Waals surface area contributed by atoms with Crippen LogP contribution in [0.2, 0.25) is 0 Å². The van der Waals surface area contributed by atoms with E-state index in [9.17, 15) is 0 Å². The van der Waals surface area contributed by atoms with E-state index in [0.29, 0.717) is 5.92 Å². The minimum atomic E-state index is 0.677. The molecule has 1 aromatic carbocycles. The second-order valence-electron chi connectivity index (χ2n) is 7.30. The second kappa shape index (κ2) is 6.60. The highest BCUT2D eigenvalue weighted by molar-refractivity contribution is 7.18. The summed E-state index contributed by atoms with van der Waals surface area (Å²) in [5.41, 5.74) is 4.80. The first-order valence-electron chi connectivity index (χ1n) is 9.67. The Bertz CT molecular complexity index is 1340. The summed E-state index contributed by atoms with van der Waals surface area (Å²) >= 11 is 1.80. The lowest BCUT2D eigenvalue weighted by Crippen LogP contribution is -1.97. The molecule has 1 aliphatic carbocycles. The van der Waals surface area contributed by atoms with Crippen LogP contribution in [0.4, 0.5) is 11.5 Å². The fourth-order valence-electron chi connectivity index (χ4n) is 3.49. The summed E-state index contributed by atoms with van der Waals surface area (Å²) in [6.07, 6.45) is 7.94. The topological polar surface area (TPSA) is 63.6 Å². The molecule has 0 aliphatic heterocycles. The molecule has 140 valence electrons. The fraction of sp³-hybridized carbons (Fsp3) is 0.130. The Balaban J connectivity index is 1.44. The molecule has 1 fully saturated rings. The van der Waals surface area contributed by atoms with Gasteiger partial charge in [0.15, 0.2) is 0 Å². The highest BCUT2D eigenvalue weighted by Crippen LogP contribution is 2.43. The first-order chi connectivity index (χ1) is 14.3. The zero-order valence-corrected chi connectivity index (χ0v) is 16.4. The number of nitrogens with zero attached hydrogens (tertiary/aromatic N) is 4. The molecular weight excluding hydrogens is 378 g/mol. The van der Waals surface area contributed by atoms with Crippen molar-refractivity contribution < 1.29 is 0 Å². The molecule has 0 bridgehead atoms. The highest BCUT2D eigenvalue weighted by Gasteiger charge is 2.27. The minimum absolute atomic E-state index is 0.677. The third kappa shape index (κ3) is 3.11. The average Bonchev–Trinajstić information content (AvgIpc) is 3.53. The first kappa shape index (κ1) is 16.6. The molecule has 5 aromatic rings. The van der Waals surface area contributed by atoms with E-state index in [1.54, 1.807) is 17.5 Å². The predicted octanol–water partition coefficient (Wildman–Crippen LogP) is 5.92. The summed E-state index contributed by atoms with van der Waals surface area (Å²) in [5.74, 6) is 1.47. The Morgan fingerprint density at radius 2 is 1.86 bits per heavy atom. The molecule has 0 atom stereocenters. The van der Waals surface area contributed by atoms with Gasteiger partial charge in [-0.05, 0) is 61.4 Å². The van der Waals surface area contributed by atoms with Crippen molar-refractivity contribution in [3.05, 3.63) is 72.1 Å². The molecule has 1 saturated carbocycles. The Morgan fingerprint density at radius 3 is 2.72 bits per heavy atom. The molecule has 0 radical (unpaired) electrons. The van der Waals surface area contributed by atoms with Gasteiger partial charge in [0.05, 0.1) is 26.4 Å². The van der Waals surface area contributed by atoms with E-state index in [0.717, 1.165) is 39.2 Å². The van der Waals surface area contributed by atoms with E-state index in [1.165, 1.54) is 22.5 Å². The Kier molecular flexibility index (Phi) is 3.77. The SMILES string of the molecule is c1cncc(-c2cc3ncccc3c(Nc3ccc4nc(C5CC5)sc4c3)n2)c1. The summed E-state index contributed by atoms with van der Waals surface area (Å²) < 4.78 is 1.21. The molecule has 6 rings (SSSR count). The van der Waals surface area contributed by atoms with Crippen molar-refractivity contribution in [1.82, 2.24) is 19.9 Å². The monoisotopic (exact) mass is 395 g/mol. The van der Waals surface area contributed by atoms with Gasteiger partial charge in [-0.15, -0.1) is 11.3 Å². The number of benzene rings is 1. The lowest BCUT2D eigenvalue weighted by molar-refractivity contribution is 1.10. The lowest BCUT2D eigenvalue weighted by atomic mass is 10.1. The van der Waals surface area contributed by atoms with E-state index in [4.69, 9.17) is 9.97 Å². The number of hydrogen-bond acceptors (Lipinski definition) is 6. The van der Waals surface area contributed by atoms with Crippen molar-refractivity contribution in [3.8, 4) is 11.3 Å². The number of nitrogens with one attached hydrogen (secondary N) is 1. The van der Waals surface area contributed by atoms with Gasteiger partial charge in [-0.2, -0.15) is 0 Å². The summed E-state index contributed by atoms with van der Waals surface area (Å²) in [5, 5.41) is 5.77. The molecule has 0 unspecified atom stereocenters. The van der Waals surface area contributed by atoms with E-state index < -0.39 is 0 Å². The predicted molar refractivity (Wildman–Crippen MR) is 118 cm³/mol. The van der Waals surface area contributed by atoms with Gasteiger partial charge >= 0.3 is 0 Å². The molecule has 0 saturated heterocycles. The van der Waals surface area contributed by atoms with Gasteiger partial charge in [0.1, 0.15) is 5.82 Å². The Labute approximate surface area is 171 Å². The van der Waals surface area contributed by atoms with Gasteiger partial charge in [0.2, 0.25) is 0 Å². The number of fused-ring (bicyclic) bond motifs is 2. The zero-order chi connectivity index (χ0) is 19.2. The molecular formula is C23H17N5S. The largest absolute Gasteiger partial charge is 0.340 e. The number of rotatable bonds is 4. The standard InChI is InChI=1S/C23H17N5S/c1-3-15(13-24-9-1)19-12-20-17(4-2-10-25-20)22(27-19)26-16-7-8-18-21(11-16)29-23(28-18)14-5-6-14/h1-4,7-14H,5-6H2,(H,26,27). The van der Waals surface area contributed by atoms with E-state index in [-0.39, 0.29) is 0 Å². The van der Waals surface area contributed by atoms with Crippen molar-refractivity contribution >= 4 is 44.0 Å². The maximum absolute atomic E-state index is 4.89. The normalized spacial score (nSPS) is 13.8. The van der Waals surface area contributed by atoms with Crippen molar-refractivity contribution in [2.24, 2.45) is 0 Å². The average molecular weight is 395 g/mol. The zero-order valence-electron chi connectivity index (χ0n) is 15.5. The summed E-state index contributed by atoms with van der Waals surface area (Å²) in [6, 6.07) is 16.2. The van der Waals surface area contributed by atoms with Crippen LogP contribution in [-0.2, 0) is 0 Å². The van der Waals surface area contributed by atoms with Crippen LogP contribution in [0.3, 0.4) is 0 Å². The molecule has 6 heteroatoms. The van der Waals surface area contributed by atoms with Crippen LogP contribution in [0.5, 0.6) is 0 Å². The Morgan fingerprint density at radius 1 is 0.931 bits per heavy atom. The second-order valence-corrected chi connectivity index (χ2v) is 8.36. The maximum atomic E-state index is 4.89. The van der Waals surface area contributed by atoms with E-state index >= 15 is 0 Å².